The molecule has 1 fully saturated rings. The van der Waals surface area contributed by atoms with Crippen molar-refractivity contribution in [3.05, 3.63) is 30.1 Å². The van der Waals surface area contributed by atoms with Crippen LogP contribution in [0.1, 0.15) is 31.2 Å². The zero-order valence-corrected chi connectivity index (χ0v) is 11.1. The second kappa shape index (κ2) is 7.49. The molecule has 1 aliphatic heterocycles. The molecule has 2 rings (SSSR count). The smallest absolute Gasteiger partial charge is 0.0811 e. The van der Waals surface area contributed by atoms with Crippen LogP contribution in [-0.2, 0) is 6.42 Å². The molecule has 0 aliphatic carbocycles. The molecule has 1 aromatic heterocycles. The largest absolute Gasteiger partial charge is 0.396 e. The number of nitrogens with one attached hydrogen (secondary N) is 1. The number of aliphatic hydroxyl groups excluding tert-OH is 1. The highest BCUT2D eigenvalue weighted by molar-refractivity contribution is 5.09. The Kier molecular flexibility index (Phi) is 5.62. The quantitative estimate of drug-likeness (QED) is 0.778. The van der Waals surface area contributed by atoms with Gasteiger partial charge in [-0.05, 0) is 49.3 Å². The molecule has 2 heterocycles. The van der Waals surface area contributed by atoms with Gasteiger partial charge in [-0.1, -0.05) is 0 Å². The predicted octanol–water partition coefficient (Wildman–Crippen LogP) is 0.692. The van der Waals surface area contributed by atoms with E-state index >= 15 is 0 Å². The van der Waals surface area contributed by atoms with E-state index in [1.807, 2.05) is 12.4 Å². The molecule has 0 spiro atoms. The number of hydrogen-bond acceptors (Lipinski definition) is 2. The Hall–Kier alpha value is -0.930. The number of piperidine rings is 1. The Balaban J connectivity index is 1.65. The second-order valence-corrected chi connectivity index (χ2v) is 5.41. The van der Waals surface area contributed by atoms with Gasteiger partial charge < -0.3 is 10.0 Å². The van der Waals surface area contributed by atoms with Crippen LogP contribution in [0.2, 0.25) is 0 Å². The van der Waals surface area contributed by atoms with Crippen LogP contribution in [-0.4, -0.2) is 36.3 Å². The van der Waals surface area contributed by atoms with Crippen molar-refractivity contribution < 1.29 is 10.0 Å². The van der Waals surface area contributed by atoms with Crippen molar-refractivity contribution in [2.24, 2.45) is 5.92 Å². The van der Waals surface area contributed by atoms with Gasteiger partial charge in [0.15, 0.2) is 0 Å². The Morgan fingerprint density at radius 1 is 1.22 bits per heavy atom. The average molecular weight is 249 g/mol. The van der Waals surface area contributed by atoms with E-state index in [-0.39, 0.29) is 0 Å². The minimum Gasteiger partial charge on any atom is -0.396 e. The molecule has 0 aromatic carbocycles. The van der Waals surface area contributed by atoms with Gasteiger partial charge in [0.1, 0.15) is 0 Å². The molecule has 18 heavy (non-hydrogen) atoms. The van der Waals surface area contributed by atoms with Gasteiger partial charge >= 0.3 is 0 Å². The number of aliphatic hydroxyl groups is 1. The van der Waals surface area contributed by atoms with Crippen molar-refractivity contribution in [3.63, 3.8) is 0 Å². The van der Waals surface area contributed by atoms with E-state index in [2.05, 4.69) is 17.1 Å². The SMILES string of the molecule is OCCCC1CC[NH+](CCc2ccncc2)CC1. The molecular weight excluding hydrogens is 224 g/mol. The maximum Gasteiger partial charge on any atom is 0.0811 e. The first-order valence-corrected chi connectivity index (χ1v) is 7.22. The van der Waals surface area contributed by atoms with Gasteiger partial charge in [-0.15, -0.1) is 0 Å². The summed E-state index contributed by atoms with van der Waals surface area (Å²) in [5.74, 6) is 0.863. The van der Waals surface area contributed by atoms with Crippen LogP contribution in [0.3, 0.4) is 0 Å². The highest BCUT2D eigenvalue weighted by atomic mass is 16.2. The van der Waals surface area contributed by atoms with Crippen LogP contribution < -0.4 is 4.90 Å². The van der Waals surface area contributed by atoms with Gasteiger partial charge in [-0.3, -0.25) is 4.98 Å². The Morgan fingerprint density at radius 2 is 1.94 bits per heavy atom. The van der Waals surface area contributed by atoms with Crippen LogP contribution in [0, 0.1) is 5.92 Å². The van der Waals surface area contributed by atoms with Crippen LogP contribution >= 0.6 is 0 Å². The van der Waals surface area contributed by atoms with E-state index in [0.717, 1.165) is 12.3 Å². The van der Waals surface area contributed by atoms with Crippen LogP contribution in [0.4, 0.5) is 0 Å². The Labute approximate surface area is 110 Å². The molecule has 1 saturated heterocycles. The van der Waals surface area contributed by atoms with Gasteiger partial charge in [0.05, 0.1) is 19.6 Å². The van der Waals surface area contributed by atoms with E-state index in [0.29, 0.717) is 6.61 Å². The molecule has 0 atom stereocenters. The first-order chi connectivity index (χ1) is 8.88. The lowest BCUT2D eigenvalue weighted by Gasteiger charge is -2.29. The predicted molar refractivity (Wildman–Crippen MR) is 72.5 cm³/mol. The molecular formula is C15H25N2O+. The maximum atomic E-state index is 8.85. The summed E-state index contributed by atoms with van der Waals surface area (Å²) in [6, 6.07) is 4.24. The number of aromatic nitrogens is 1. The molecule has 0 amide bonds. The topological polar surface area (TPSA) is 37.6 Å². The Morgan fingerprint density at radius 3 is 2.61 bits per heavy atom. The molecule has 0 unspecified atom stereocenters. The van der Waals surface area contributed by atoms with Crippen LogP contribution in [0.5, 0.6) is 0 Å². The van der Waals surface area contributed by atoms with Crippen molar-refractivity contribution in [2.45, 2.75) is 32.1 Å². The van der Waals surface area contributed by atoms with Crippen molar-refractivity contribution in [3.8, 4) is 0 Å². The molecule has 2 N–H and O–H groups in total. The zero-order chi connectivity index (χ0) is 12.6. The van der Waals surface area contributed by atoms with E-state index in [1.54, 1.807) is 4.90 Å². The average Bonchev–Trinajstić information content (AvgIpc) is 2.45. The van der Waals surface area contributed by atoms with E-state index in [4.69, 9.17) is 5.11 Å². The van der Waals surface area contributed by atoms with Gasteiger partial charge in [-0.2, -0.15) is 0 Å². The van der Waals surface area contributed by atoms with E-state index in [9.17, 15) is 0 Å². The summed E-state index contributed by atoms with van der Waals surface area (Å²) < 4.78 is 0. The molecule has 100 valence electrons. The summed E-state index contributed by atoms with van der Waals surface area (Å²) in [4.78, 5) is 5.79. The van der Waals surface area contributed by atoms with Crippen LogP contribution in [0.25, 0.3) is 0 Å². The van der Waals surface area contributed by atoms with Crippen molar-refractivity contribution in [2.75, 3.05) is 26.2 Å². The number of nitrogens with zero attached hydrogens (tertiary/aromatic N) is 1. The minimum atomic E-state index is 0.356. The normalized spacial score (nSPS) is 24.1. The molecule has 3 heteroatoms. The maximum absolute atomic E-state index is 8.85. The number of likely N-dealkylation sites (tertiary alicyclic amines) is 1. The number of pyridine rings is 1. The van der Waals surface area contributed by atoms with Gasteiger partial charge in [0.2, 0.25) is 0 Å². The number of hydrogen-bond donors (Lipinski definition) is 2. The fourth-order valence-electron chi connectivity index (χ4n) is 2.88. The molecule has 1 aromatic rings. The Bertz CT molecular complexity index is 321. The third kappa shape index (κ3) is 4.39. The lowest BCUT2D eigenvalue weighted by Crippen LogP contribution is -3.13. The van der Waals surface area contributed by atoms with Gasteiger partial charge in [0.25, 0.3) is 0 Å². The molecule has 0 radical (unpaired) electrons. The number of quaternary nitrogens is 1. The summed E-state index contributed by atoms with van der Waals surface area (Å²) in [5, 5.41) is 8.85. The number of rotatable bonds is 6. The zero-order valence-electron chi connectivity index (χ0n) is 11.1. The third-order valence-corrected chi connectivity index (χ3v) is 4.10. The monoisotopic (exact) mass is 249 g/mol. The van der Waals surface area contributed by atoms with Crippen LogP contribution in [0.15, 0.2) is 24.5 Å². The standard InChI is InChI=1S/C15H24N2O/c18-13-1-2-14-5-10-17(11-6-14)12-7-15-3-8-16-9-4-15/h3-4,8-9,14,18H,1-2,5-7,10-13H2/p+1. The van der Waals surface area contributed by atoms with Gasteiger partial charge in [-0.25, -0.2) is 0 Å². The molecule has 1 aliphatic rings. The highest BCUT2D eigenvalue weighted by Crippen LogP contribution is 2.15. The second-order valence-electron chi connectivity index (χ2n) is 5.41. The van der Waals surface area contributed by atoms with Gasteiger partial charge in [0, 0.05) is 25.4 Å². The highest BCUT2D eigenvalue weighted by Gasteiger charge is 2.21. The molecule has 0 bridgehead atoms. The van der Waals surface area contributed by atoms with E-state index < -0.39 is 0 Å². The lowest BCUT2D eigenvalue weighted by molar-refractivity contribution is -0.906. The summed E-state index contributed by atoms with van der Waals surface area (Å²) in [5.41, 5.74) is 1.40. The van der Waals surface area contributed by atoms with Crippen molar-refractivity contribution in [1.29, 1.82) is 0 Å². The lowest BCUT2D eigenvalue weighted by atomic mass is 9.92. The first kappa shape index (κ1) is 13.5. The molecule has 0 saturated carbocycles. The van der Waals surface area contributed by atoms with Crippen molar-refractivity contribution >= 4 is 0 Å². The summed E-state index contributed by atoms with van der Waals surface area (Å²) in [6.45, 7) is 4.22. The summed E-state index contributed by atoms with van der Waals surface area (Å²) in [7, 11) is 0. The van der Waals surface area contributed by atoms with E-state index in [1.165, 1.54) is 50.9 Å². The first-order valence-electron chi connectivity index (χ1n) is 7.22. The third-order valence-electron chi connectivity index (χ3n) is 4.10. The minimum absolute atomic E-state index is 0.356. The fourth-order valence-corrected chi connectivity index (χ4v) is 2.88. The molecule has 3 nitrogen and oxygen atoms in total. The van der Waals surface area contributed by atoms with Crippen molar-refractivity contribution in [1.82, 2.24) is 4.98 Å². The summed E-state index contributed by atoms with van der Waals surface area (Å²) in [6.07, 6.45) is 9.80. The fraction of sp³-hybridized carbons (Fsp3) is 0.667. The summed E-state index contributed by atoms with van der Waals surface area (Å²) >= 11 is 0.